The van der Waals surface area contributed by atoms with E-state index in [0.717, 1.165) is 25.0 Å². The highest BCUT2D eigenvalue weighted by atomic mass is 19.2. The lowest BCUT2D eigenvalue weighted by Gasteiger charge is -2.12. The second-order valence-corrected chi connectivity index (χ2v) is 4.60. The van der Waals surface area contributed by atoms with E-state index < -0.39 is 17.6 Å². The van der Waals surface area contributed by atoms with Crippen LogP contribution in [0.3, 0.4) is 0 Å². The summed E-state index contributed by atoms with van der Waals surface area (Å²) < 4.78 is 36.4. The molecule has 2 N–H and O–H groups in total. The lowest BCUT2D eigenvalue weighted by atomic mass is 10.1. The molecule has 19 heavy (non-hydrogen) atoms. The van der Waals surface area contributed by atoms with E-state index in [4.69, 9.17) is 15.2 Å². The Morgan fingerprint density at radius 2 is 2.11 bits per heavy atom. The average Bonchev–Trinajstić information content (AvgIpc) is 2.77. The highest BCUT2D eigenvalue weighted by Gasteiger charge is 2.24. The van der Waals surface area contributed by atoms with Gasteiger partial charge in [0.25, 0.3) is 0 Å². The van der Waals surface area contributed by atoms with Crippen molar-refractivity contribution in [3.05, 3.63) is 29.3 Å². The summed E-state index contributed by atoms with van der Waals surface area (Å²) >= 11 is 0. The van der Waals surface area contributed by atoms with E-state index in [0.29, 0.717) is 0 Å². The largest absolute Gasteiger partial charge is 0.459 e. The number of nitrogen functional groups attached to an aromatic ring is 1. The molecule has 104 valence electrons. The van der Waals surface area contributed by atoms with Crippen molar-refractivity contribution in [2.45, 2.75) is 32.0 Å². The van der Waals surface area contributed by atoms with Crippen LogP contribution in [0.15, 0.2) is 12.1 Å². The normalized spacial score (nSPS) is 22.5. The first kappa shape index (κ1) is 13.7. The van der Waals surface area contributed by atoms with Gasteiger partial charge in [-0.25, -0.2) is 13.6 Å². The Morgan fingerprint density at radius 1 is 1.42 bits per heavy atom. The third-order valence-electron chi connectivity index (χ3n) is 3.03. The Kier molecular flexibility index (Phi) is 3.99. The van der Waals surface area contributed by atoms with Crippen LogP contribution in [0, 0.1) is 11.6 Å². The number of benzene rings is 1. The lowest BCUT2D eigenvalue weighted by molar-refractivity contribution is -0.00262. The maximum absolute atomic E-state index is 13.0. The maximum Gasteiger partial charge on any atom is 0.340 e. The van der Waals surface area contributed by atoms with Gasteiger partial charge in [-0.3, -0.25) is 0 Å². The standard InChI is InChI=1S/C13H15F2NO3/c1-7-2-3-8(19-7)6-18-13(17)9-4-10(14)11(15)5-12(9)16/h4-5,7-8H,2-3,6,16H2,1H3. The average molecular weight is 271 g/mol. The molecule has 4 nitrogen and oxygen atoms in total. The van der Waals surface area contributed by atoms with Gasteiger partial charge in [0.05, 0.1) is 17.8 Å². The summed E-state index contributed by atoms with van der Waals surface area (Å²) in [4.78, 5) is 11.7. The molecule has 6 heteroatoms. The van der Waals surface area contributed by atoms with Gasteiger partial charge in [0.2, 0.25) is 0 Å². The van der Waals surface area contributed by atoms with Crippen molar-refractivity contribution in [2.75, 3.05) is 12.3 Å². The number of hydrogen-bond acceptors (Lipinski definition) is 4. The van der Waals surface area contributed by atoms with Gasteiger partial charge in [-0.1, -0.05) is 0 Å². The molecular formula is C13H15F2NO3. The van der Waals surface area contributed by atoms with E-state index in [1.54, 1.807) is 0 Å². The number of anilines is 1. The van der Waals surface area contributed by atoms with Crippen LogP contribution in [0.4, 0.5) is 14.5 Å². The van der Waals surface area contributed by atoms with Crippen LogP contribution in [0.25, 0.3) is 0 Å². The molecule has 1 aromatic carbocycles. The smallest absolute Gasteiger partial charge is 0.340 e. The van der Waals surface area contributed by atoms with E-state index in [2.05, 4.69) is 0 Å². The molecule has 1 fully saturated rings. The predicted molar refractivity (Wildman–Crippen MR) is 64.6 cm³/mol. The van der Waals surface area contributed by atoms with Crippen molar-refractivity contribution >= 4 is 11.7 Å². The van der Waals surface area contributed by atoms with E-state index in [1.807, 2.05) is 6.92 Å². The van der Waals surface area contributed by atoms with E-state index >= 15 is 0 Å². The topological polar surface area (TPSA) is 61.5 Å². The summed E-state index contributed by atoms with van der Waals surface area (Å²) in [5, 5.41) is 0. The van der Waals surface area contributed by atoms with Crippen molar-refractivity contribution in [3.8, 4) is 0 Å². The molecule has 0 amide bonds. The van der Waals surface area contributed by atoms with Gasteiger partial charge in [-0.15, -0.1) is 0 Å². The summed E-state index contributed by atoms with van der Waals surface area (Å²) in [6.45, 7) is 2.02. The van der Waals surface area contributed by atoms with Crippen molar-refractivity contribution in [1.29, 1.82) is 0 Å². The molecule has 1 aliphatic heterocycles. The molecule has 0 saturated carbocycles. The summed E-state index contributed by atoms with van der Waals surface area (Å²) in [5.74, 6) is -3.01. The minimum absolute atomic E-state index is 0.0849. The van der Waals surface area contributed by atoms with Crippen LogP contribution in [0.1, 0.15) is 30.1 Å². The number of ether oxygens (including phenoxy) is 2. The molecule has 0 bridgehead atoms. The number of nitrogens with two attached hydrogens (primary N) is 1. The minimum atomic E-state index is -1.13. The third-order valence-corrected chi connectivity index (χ3v) is 3.03. The number of esters is 1. The number of carbonyl (C=O) groups is 1. The molecule has 2 atom stereocenters. The van der Waals surface area contributed by atoms with Gasteiger partial charge < -0.3 is 15.2 Å². The number of halogens is 2. The summed E-state index contributed by atoms with van der Waals surface area (Å²) in [6.07, 6.45) is 1.72. The zero-order chi connectivity index (χ0) is 14.0. The fourth-order valence-electron chi connectivity index (χ4n) is 1.99. The van der Waals surface area contributed by atoms with Crippen molar-refractivity contribution in [1.82, 2.24) is 0 Å². The Labute approximate surface area is 109 Å². The Morgan fingerprint density at radius 3 is 2.74 bits per heavy atom. The number of carbonyl (C=O) groups excluding carboxylic acids is 1. The minimum Gasteiger partial charge on any atom is -0.459 e. The van der Waals surface area contributed by atoms with E-state index in [-0.39, 0.29) is 30.1 Å². The van der Waals surface area contributed by atoms with Crippen LogP contribution in [-0.4, -0.2) is 24.8 Å². The molecule has 0 aliphatic carbocycles. The van der Waals surface area contributed by atoms with Gasteiger partial charge in [-0.2, -0.15) is 0 Å². The van der Waals surface area contributed by atoms with E-state index in [1.165, 1.54) is 0 Å². The number of rotatable bonds is 3. The highest BCUT2D eigenvalue weighted by Crippen LogP contribution is 2.21. The molecule has 1 saturated heterocycles. The molecule has 1 heterocycles. The zero-order valence-electron chi connectivity index (χ0n) is 10.5. The monoisotopic (exact) mass is 271 g/mol. The third kappa shape index (κ3) is 3.20. The molecule has 2 rings (SSSR count). The Balaban J connectivity index is 1.98. The fourth-order valence-corrected chi connectivity index (χ4v) is 1.99. The van der Waals surface area contributed by atoms with Gasteiger partial charge >= 0.3 is 5.97 Å². The molecule has 0 radical (unpaired) electrons. The molecule has 0 aromatic heterocycles. The summed E-state index contributed by atoms with van der Waals surface area (Å²) in [5.41, 5.74) is 5.13. The highest BCUT2D eigenvalue weighted by molar-refractivity contribution is 5.95. The van der Waals surface area contributed by atoms with Gasteiger partial charge in [0, 0.05) is 11.8 Å². The number of hydrogen-bond donors (Lipinski definition) is 1. The van der Waals surface area contributed by atoms with Gasteiger partial charge in [0.15, 0.2) is 11.6 Å². The van der Waals surface area contributed by atoms with Gasteiger partial charge in [-0.05, 0) is 25.8 Å². The maximum atomic E-state index is 13.0. The van der Waals surface area contributed by atoms with Crippen molar-refractivity contribution < 1.29 is 23.0 Å². The second kappa shape index (κ2) is 5.52. The van der Waals surface area contributed by atoms with Crippen LogP contribution in [0.5, 0.6) is 0 Å². The van der Waals surface area contributed by atoms with Crippen molar-refractivity contribution in [2.24, 2.45) is 0 Å². The van der Waals surface area contributed by atoms with Crippen LogP contribution < -0.4 is 5.73 Å². The first-order valence-corrected chi connectivity index (χ1v) is 6.04. The first-order valence-electron chi connectivity index (χ1n) is 6.04. The molecule has 2 unspecified atom stereocenters. The van der Waals surface area contributed by atoms with Crippen LogP contribution in [0.2, 0.25) is 0 Å². The molecule has 1 aromatic rings. The quantitative estimate of drug-likeness (QED) is 0.676. The molecular weight excluding hydrogens is 256 g/mol. The Bertz CT molecular complexity index is 493. The van der Waals surface area contributed by atoms with Crippen LogP contribution >= 0.6 is 0 Å². The van der Waals surface area contributed by atoms with Crippen molar-refractivity contribution in [3.63, 3.8) is 0 Å². The zero-order valence-corrected chi connectivity index (χ0v) is 10.5. The predicted octanol–water partition coefficient (Wildman–Crippen LogP) is 2.27. The fraction of sp³-hybridized carbons (Fsp3) is 0.462. The lowest BCUT2D eigenvalue weighted by Crippen LogP contribution is -2.19. The van der Waals surface area contributed by atoms with Crippen LogP contribution in [-0.2, 0) is 9.47 Å². The second-order valence-electron chi connectivity index (χ2n) is 4.60. The first-order chi connectivity index (χ1) is 8.97. The molecule has 0 spiro atoms. The Hall–Kier alpha value is -1.69. The van der Waals surface area contributed by atoms with E-state index in [9.17, 15) is 13.6 Å². The SMILES string of the molecule is CC1CCC(COC(=O)c2cc(F)c(F)cc2N)O1. The van der Waals surface area contributed by atoms with Gasteiger partial charge in [0.1, 0.15) is 6.61 Å². The summed E-state index contributed by atoms with van der Waals surface area (Å²) in [6, 6.07) is 1.51. The summed E-state index contributed by atoms with van der Waals surface area (Å²) in [7, 11) is 0. The molecule has 1 aliphatic rings.